The molecule has 0 spiro atoms. The van der Waals surface area contributed by atoms with E-state index in [0.717, 1.165) is 4.68 Å². The van der Waals surface area contributed by atoms with Crippen LogP contribution in [-0.4, -0.2) is 34.1 Å². The molecule has 0 saturated heterocycles. The first-order chi connectivity index (χ1) is 15.7. The summed E-state index contributed by atoms with van der Waals surface area (Å²) in [7, 11) is -3.99. The Morgan fingerprint density at radius 2 is 1.65 bits per heavy atom. The normalized spacial score (nSPS) is 12.9. The predicted molar refractivity (Wildman–Crippen MR) is 122 cm³/mol. The fourth-order valence-electron chi connectivity index (χ4n) is 3.08. The number of nitrogens with zero attached hydrogens (tertiary/aromatic N) is 4. The number of rotatable bonds is 6. The van der Waals surface area contributed by atoms with E-state index in [2.05, 4.69) is 41.0 Å². The lowest BCUT2D eigenvalue weighted by Crippen LogP contribution is -2.25. The number of sulfonamides is 1. The summed E-state index contributed by atoms with van der Waals surface area (Å²) in [6, 6.07) is 5.87. The SMILES string of the molecule is Cc1cc(C)nc(NS(=O)(=O)c2ccc(NC(=O)C(C)n3nc(C(F)(F)F)c(Br)c3C)cc2)n1. The van der Waals surface area contributed by atoms with E-state index in [1.165, 1.54) is 38.1 Å². The Morgan fingerprint density at radius 1 is 1.09 bits per heavy atom. The summed E-state index contributed by atoms with van der Waals surface area (Å²) in [5.41, 5.74) is 0.451. The maximum Gasteiger partial charge on any atom is 0.436 e. The molecule has 0 fully saturated rings. The van der Waals surface area contributed by atoms with Crippen molar-refractivity contribution in [2.24, 2.45) is 0 Å². The molecule has 2 N–H and O–H groups in total. The first-order valence-corrected chi connectivity index (χ1v) is 12.0. The summed E-state index contributed by atoms with van der Waals surface area (Å²) in [6.07, 6.45) is -4.68. The van der Waals surface area contributed by atoms with Crippen molar-refractivity contribution >= 4 is 43.5 Å². The molecular weight excluding hydrogens is 541 g/mol. The monoisotopic (exact) mass is 560 g/mol. The molecule has 0 radical (unpaired) electrons. The average molecular weight is 561 g/mol. The molecule has 14 heteroatoms. The predicted octanol–water partition coefficient (Wildman–Crippen LogP) is 4.38. The Hall–Kier alpha value is -3.00. The molecule has 2 heterocycles. The Balaban J connectivity index is 1.75. The summed E-state index contributed by atoms with van der Waals surface area (Å²) in [6.45, 7) is 6.22. The van der Waals surface area contributed by atoms with Crippen molar-refractivity contribution in [3.8, 4) is 0 Å². The Morgan fingerprint density at radius 3 is 2.15 bits per heavy atom. The standard InChI is InChI=1S/C20H20BrF3N6O3S/c1-10-9-11(2)26-19(25-10)29-34(32,33)15-7-5-14(6-8-15)27-18(31)13(4)30-12(3)16(21)17(28-30)20(22,23)24/h5-9,13H,1-4H3,(H,27,31)(H,25,26,29). The molecule has 0 saturated carbocycles. The molecule has 1 amide bonds. The largest absolute Gasteiger partial charge is 0.436 e. The van der Waals surface area contributed by atoms with Crippen molar-refractivity contribution in [3.05, 3.63) is 57.6 Å². The number of halogens is 4. The molecule has 182 valence electrons. The van der Waals surface area contributed by atoms with Crippen LogP contribution in [0.4, 0.5) is 24.8 Å². The number of carbonyl (C=O) groups excluding carboxylic acids is 1. The second-order valence-electron chi connectivity index (χ2n) is 7.46. The molecule has 34 heavy (non-hydrogen) atoms. The van der Waals surface area contributed by atoms with E-state index in [4.69, 9.17) is 0 Å². The van der Waals surface area contributed by atoms with Crippen molar-refractivity contribution in [2.45, 2.75) is 44.8 Å². The van der Waals surface area contributed by atoms with Gasteiger partial charge >= 0.3 is 6.18 Å². The molecule has 2 aromatic heterocycles. The van der Waals surface area contributed by atoms with E-state index in [-0.39, 0.29) is 26.7 Å². The minimum Gasteiger partial charge on any atom is -0.324 e. The quantitative estimate of drug-likeness (QED) is 0.461. The van der Waals surface area contributed by atoms with Gasteiger partial charge in [0.1, 0.15) is 6.04 Å². The minimum absolute atomic E-state index is 0.0670. The highest BCUT2D eigenvalue weighted by atomic mass is 79.9. The molecule has 3 rings (SSSR count). The van der Waals surface area contributed by atoms with Gasteiger partial charge in [-0.1, -0.05) is 0 Å². The number of alkyl halides is 3. The Labute approximate surface area is 202 Å². The zero-order chi connectivity index (χ0) is 25.4. The van der Waals surface area contributed by atoms with Gasteiger partial charge in [-0.15, -0.1) is 0 Å². The van der Waals surface area contributed by atoms with Crippen molar-refractivity contribution in [1.82, 2.24) is 19.7 Å². The molecule has 9 nitrogen and oxygen atoms in total. The topological polar surface area (TPSA) is 119 Å². The minimum atomic E-state index is -4.68. The van der Waals surface area contributed by atoms with Crippen molar-refractivity contribution in [1.29, 1.82) is 0 Å². The smallest absolute Gasteiger partial charge is 0.324 e. The van der Waals surface area contributed by atoms with E-state index in [0.29, 0.717) is 11.4 Å². The van der Waals surface area contributed by atoms with E-state index >= 15 is 0 Å². The summed E-state index contributed by atoms with van der Waals surface area (Å²) in [5, 5.41) is 6.07. The number of hydrogen-bond acceptors (Lipinski definition) is 6. The lowest BCUT2D eigenvalue weighted by molar-refractivity contribution is -0.142. The van der Waals surface area contributed by atoms with E-state index in [1.54, 1.807) is 19.9 Å². The van der Waals surface area contributed by atoms with Crippen molar-refractivity contribution < 1.29 is 26.4 Å². The summed E-state index contributed by atoms with van der Waals surface area (Å²) in [4.78, 5) is 20.6. The van der Waals surface area contributed by atoms with Crippen LogP contribution in [0.25, 0.3) is 0 Å². The molecule has 0 aliphatic carbocycles. The van der Waals surface area contributed by atoms with Gasteiger partial charge in [0, 0.05) is 17.1 Å². The molecule has 0 bridgehead atoms. The fraction of sp³-hybridized carbons (Fsp3) is 0.300. The Bertz CT molecular complexity index is 1320. The number of aromatic nitrogens is 4. The van der Waals surface area contributed by atoms with Crippen LogP contribution in [-0.2, 0) is 21.0 Å². The number of amides is 1. The third-order valence-corrected chi connectivity index (χ3v) is 7.03. The van der Waals surface area contributed by atoms with Crippen molar-refractivity contribution in [2.75, 3.05) is 10.0 Å². The van der Waals surface area contributed by atoms with Crippen LogP contribution in [0.5, 0.6) is 0 Å². The molecule has 3 aromatic rings. The van der Waals surface area contributed by atoms with E-state index < -0.39 is 33.8 Å². The number of hydrogen-bond donors (Lipinski definition) is 2. The Kier molecular flexibility index (Phi) is 7.03. The number of anilines is 2. The van der Waals surface area contributed by atoms with Gasteiger partial charge in [0.25, 0.3) is 10.0 Å². The van der Waals surface area contributed by atoms with Crippen LogP contribution in [0.1, 0.15) is 35.7 Å². The molecule has 0 aliphatic rings. The highest BCUT2D eigenvalue weighted by Crippen LogP contribution is 2.36. The van der Waals surface area contributed by atoms with Gasteiger partial charge in [-0.05, 0) is 74.0 Å². The number of carbonyl (C=O) groups is 1. The van der Waals surface area contributed by atoms with E-state index in [9.17, 15) is 26.4 Å². The third kappa shape index (κ3) is 5.55. The van der Waals surface area contributed by atoms with Gasteiger partial charge in [0.05, 0.1) is 15.1 Å². The maximum atomic E-state index is 13.1. The van der Waals surface area contributed by atoms with Crippen LogP contribution >= 0.6 is 15.9 Å². The number of nitrogens with one attached hydrogen (secondary N) is 2. The van der Waals surface area contributed by atoms with E-state index in [1.807, 2.05) is 0 Å². The summed E-state index contributed by atoms with van der Waals surface area (Å²) < 4.78 is 67.5. The lowest BCUT2D eigenvalue weighted by atomic mass is 10.2. The van der Waals surface area contributed by atoms with Gasteiger partial charge in [0.15, 0.2) is 5.69 Å². The van der Waals surface area contributed by atoms with Gasteiger partial charge in [-0.2, -0.15) is 18.3 Å². The van der Waals surface area contributed by atoms with Crippen molar-refractivity contribution in [3.63, 3.8) is 0 Å². The molecule has 1 unspecified atom stereocenters. The fourth-order valence-corrected chi connectivity index (χ4v) is 4.51. The molecule has 1 atom stereocenters. The van der Waals surface area contributed by atoms with Crippen LogP contribution < -0.4 is 10.0 Å². The van der Waals surface area contributed by atoms with Crippen LogP contribution in [0, 0.1) is 20.8 Å². The first-order valence-electron chi connectivity index (χ1n) is 9.77. The average Bonchev–Trinajstić information content (AvgIpc) is 3.01. The second kappa shape index (κ2) is 9.33. The summed E-state index contributed by atoms with van der Waals surface area (Å²) in [5.74, 6) is -0.702. The third-order valence-electron chi connectivity index (χ3n) is 4.73. The van der Waals surface area contributed by atoms with Gasteiger partial charge < -0.3 is 5.32 Å². The van der Waals surface area contributed by atoms with Gasteiger partial charge in [-0.25, -0.2) is 23.1 Å². The zero-order valence-electron chi connectivity index (χ0n) is 18.4. The highest BCUT2D eigenvalue weighted by Gasteiger charge is 2.39. The van der Waals surface area contributed by atoms with Crippen LogP contribution in [0.15, 0.2) is 39.7 Å². The van der Waals surface area contributed by atoms with Gasteiger partial charge in [-0.3, -0.25) is 9.48 Å². The molecular formula is C20H20BrF3N6O3S. The van der Waals surface area contributed by atoms with Crippen LogP contribution in [0.3, 0.4) is 0 Å². The first kappa shape index (κ1) is 25.6. The molecule has 0 aliphatic heterocycles. The number of benzene rings is 1. The second-order valence-corrected chi connectivity index (χ2v) is 9.94. The summed E-state index contributed by atoms with van der Waals surface area (Å²) >= 11 is 2.87. The zero-order valence-corrected chi connectivity index (χ0v) is 20.8. The van der Waals surface area contributed by atoms with Gasteiger partial charge in [0.2, 0.25) is 11.9 Å². The van der Waals surface area contributed by atoms with Crippen LogP contribution in [0.2, 0.25) is 0 Å². The molecule has 1 aromatic carbocycles. The number of aryl methyl sites for hydroxylation is 2. The highest BCUT2D eigenvalue weighted by molar-refractivity contribution is 9.10. The maximum absolute atomic E-state index is 13.1. The lowest BCUT2D eigenvalue weighted by Gasteiger charge is -2.15.